The highest BCUT2D eigenvalue weighted by Crippen LogP contribution is 2.24. The Hall–Kier alpha value is -3.20. The van der Waals surface area contributed by atoms with Gasteiger partial charge in [-0.3, -0.25) is 9.10 Å². The van der Waals surface area contributed by atoms with Crippen molar-refractivity contribution in [2.45, 2.75) is 20.4 Å². The van der Waals surface area contributed by atoms with E-state index in [0.29, 0.717) is 22.6 Å². The summed E-state index contributed by atoms with van der Waals surface area (Å²) in [7, 11) is -1.99. The van der Waals surface area contributed by atoms with Crippen LogP contribution in [0.5, 0.6) is 0 Å². The minimum absolute atomic E-state index is 0.0588. The van der Waals surface area contributed by atoms with Gasteiger partial charge in [0.1, 0.15) is 0 Å². The summed E-state index contributed by atoms with van der Waals surface area (Å²) >= 11 is 0. The van der Waals surface area contributed by atoms with Crippen LogP contribution in [0.4, 0.5) is 5.69 Å². The molecule has 0 saturated carbocycles. The molecule has 0 aliphatic carbocycles. The van der Waals surface area contributed by atoms with Crippen molar-refractivity contribution >= 4 is 21.6 Å². The average Bonchev–Trinajstić information content (AvgIpc) is 3.14. The lowest BCUT2D eigenvalue weighted by atomic mass is 10.1. The van der Waals surface area contributed by atoms with E-state index in [0.717, 1.165) is 21.7 Å². The van der Waals surface area contributed by atoms with Crippen LogP contribution in [-0.4, -0.2) is 37.8 Å². The van der Waals surface area contributed by atoms with Gasteiger partial charge in [-0.1, -0.05) is 35.0 Å². The summed E-state index contributed by atoms with van der Waals surface area (Å²) in [6.07, 6.45) is 1.11. The average molecular weight is 414 g/mol. The molecule has 0 atom stereocenters. The van der Waals surface area contributed by atoms with Gasteiger partial charge < -0.3 is 9.84 Å². The highest BCUT2D eigenvalue weighted by Gasteiger charge is 2.19. The van der Waals surface area contributed by atoms with Gasteiger partial charge in [-0.05, 0) is 37.6 Å². The molecule has 3 rings (SSSR count). The number of amides is 1. The van der Waals surface area contributed by atoms with Gasteiger partial charge in [0, 0.05) is 18.2 Å². The lowest BCUT2D eigenvalue weighted by molar-refractivity contribution is 0.0945. The van der Waals surface area contributed by atoms with Crippen molar-refractivity contribution < 1.29 is 17.7 Å². The minimum atomic E-state index is -3.43. The van der Waals surface area contributed by atoms with E-state index < -0.39 is 10.0 Å². The standard InChI is InChI=1S/C20H22N4O4S/c1-13-7-5-8-15(11-13)19-22-18(28-23-19)12-21-20(25)16-9-6-10-17(14(16)2)24(3)29(4,26)27/h5-11H,12H2,1-4H3,(H,21,25). The zero-order chi connectivity index (χ0) is 21.2. The molecule has 0 aliphatic rings. The summed E-state index contributed by atoms with van der Waals surface area (Å²) in [5, 5.41) is 6.68. The van der Waals surface area contributed by atoms with E-state index in [9.17, 15) is 13.2 Å². The van der Waals surface area contributed by atoms with Crippen molar-refractivity contribution in [2.24, 2.45) is 0 Å². The molecule has 152 valence electrons. The molecule has 29 heavy (non-hydrogen) atoms. The van der Waals surface area contributed by atoms with E-state index in [4.69, 9.17) is 4.52 Å². The van der Waals surface area contributed by atoms with E-state index in [2.05, 4.69) is 15.5 Å². The second-order valence-corrected chi connectivity index (χ2v) is 8.76. The van der Waals surface area contributed by atoms with Crippen LogP contribution < -0.4 is 9.62 Å². The van der Waals surface area contributed by atoms with E-state index in [1.807, 2.05) is 31.2 Å². The molecular formula is C20H22N4O4S. The van der Waals surface area contributed by atoms with Crippen LogP contribution in [0.15, 0.2) is 47.0 Å². The highest BCUT2D eigenvalue weighted by molar-refractivity contribution is 7.92. The van der Waals surface area contributed by atoms with Gasteiger partial charge in [0.15, 0.2) is 0 Å². The Balaban J connectivity index is 1.74. The predicted molar refractivity (Wildman–Crippen MR) is 110 cm³/mol. The number of carbonyl (C=O) groups excluding carboxylic acids is 1. The normalized spacial score (nSPS) is 11.3. The van der Waals surface area contributed by atoms with E-state index in [1.165, 1.54) is 7.05 Å². The van der Waals surface area contributed by atoms with Crippen molar-refractivity contribution in [3.8, 4) is 11.4 Å². The number of carbonyl (C=O) groups is 1. The molecule has 1 amide bonds. The molecule has 9 heteroatoms. The smallest absolute Gasteiger partial charge is 0.252 e. The van der Waals surface area contributed by atoms with Crippen molar-refractivity contribution in [3.05, 3.63) is 65.0 Å². The number of benzene rings is 2. The fraction of sp³-hybridized carbons (Fsp3) is 0.250. The first-order valence-corrected chi connectivity index (χ1v) is 10.7. The molecule has 1 aromatic heterocycles. The van der Waals surface area contributed by atoms with Crippen LogP contribution in [0.3, 0.4) is 0 Å². The summed E-state index contributed by atoms with van der Waals surface area (Å²) < 4.78 is 30.0. The zero-order valence-electron chi connectivity index (χ0n) is 16.6. The Morgan fingerprint density at radius 3 is 2.59 bits per heavy atom. The zero-order valence-corrected chi connectivity index (χ0v) is 17.4. The van der Waals surface area contributed by atoms with E-state index in [-0.39, 0.29) is 18.3 Å². The Labute approximate surface area is 169 Å². The molecule has 3 aromatic rings. The van der Waals surface area contributed by atoms with Crippen LogP contribution in [0.25, 0.3) is 11.4 Å². The van der Waals surface area contributed by atoms with Gasteiger partial charge in [0.05, 0.1) is 18.5 Å². The van der Waals surface area contributed by atoms with Gasteiger partial charge in [-0.2, -0.15) is 4.98 Å². The monoisotopic (exact) mass is 414 g/mol. The number of hydrogen-bond acceptors (Lipinski definition) is 6. The second kappa shape index (κ2) is 8.04. The quantitative estimate of drug-likeness (QED) is 0.665. The summed E-state index contributed by atoms with van der Waals surface area (Å²) in [6.45, 7) is 3.74. The Morgan fingerprint density at radius 1 is 1.17 bits per heavy atom. The van der Waals surface area contributed by atoms with Crippen molar-refractivity contribution in [1.82, 2.24) is 15.5 Å². The molecule has 8 nitrogen and oxygen atoms in total. The number of anilines is 1. The number of nitrogens with one attached hydrogen (secondary N) is 1. The molecule has 2 aromatic carbocycles. The van der Waals surface area contributed by atoms with E-state index in [1.54, 1.807) is 25.1 Å². The molecule has 0 bridgehead atoms. The van der Waals surface area contributed by atoms with Crippen LogP contribution in [0.2, 0.25) is 0 Å². The van der Waals surface area contributed by atoms with Gasteiger partial charge in [0.2, 0.25) is 21.7 Å². The first-order valence-electron chi connectivity index (χ1n) is 8.88. The third-order valence-corrected chi connectivity index (χ3v) is 5.72. The minimum Gasteiger partial charge on any atom is -0.343 e. The van der Waals surface area contributed by atoms with E-state index >= 15 is 0 Å². The first-order chi connectivity index (χ1) is 13.7. The molecule has 0 spiro atoms. The number of aryl methyl sites for hydroxylation is 1. The van der Waals surface area contributed by atoms with Crippen molar-refractivity contribution in [1.29, 1.82) is 0 Å². The molecular weight excluding hydrogens is 392 g/mol. The molecule has 0 aliphatic heterocycles. The number of hydrogen-bond donors (Lipinski definition) is 1. The maximum atomic E-state index is 12.6. The van der Waals surface area contributed by atoms with Crippen LogP contribution in [0, 0.1) is 13.8 Å². The Kier molecular flexibility index (Phi) is 5.69. The maximum absolute atomic E-state index is 12.6. The molecule has 0 fully saturated rings. The summed E-state index contributed by atoms with van der Waals surface area (Å²) in [4.78, 5) is 16.9. The lowest BCUT2D eigenvalue weighted by Crippen LogP contribution is -2.28. The number of sulfonamides is 1. The van der Waals surface area contributed by atoms with Gasteiger partial charge >= 0.3 is 0 Å². The van der Waals surface area contributed by atoms with Crippen molar-refractivity contribution in [2.75, 3.05) is 17.6 Å². The predicted octanol–water partition coefficient (Wildman–Crippen LogP) is 2.68. The van der Waals surface area contributed by atoms with Crippen molar-refractivity contribution in [3.63, 3.8) is 0 Å². The number of rotatable bonds is 6. The number of aromatic nitrogens is 2. The molecule has 0 unspecified atom stereocenters. The Morgan fingerprint density at radius 2 is 1.90 bits per heavy atom. The summed E-state index contributed by atoms with van der Waals surface area (Å²) in [5.74, 6) is 0.365. The molecule has 1 heterocycles. The fourth-order valence-electron chi connectivity index (χ4n) is 2.87. The number of nitrogens with zero attached hydrogens (tertiary/aromatic N) is 3. The van der Waals surface area contributed by atoms with Gasteiger partial charge in [-0.15, -0.1) is 0 Å². The maximum Gasteiger partial charge on any atom is 0.252 e. The highest BCUT2D eigenvalue weighted by atomic mass is 32.2. The molecule has 0 radical (unpaired) electrons. The second-order valence-electron chi connectivity index (χ2n) is 6.74. The van der Waals surface area contributed by atoms with Gasteiger partial charge in [-0.25, -0.2) is 8.42 Å². The van der Waals surface area contributed by atoms with Crippen LogP contribution in [-0.2, 0) is 16.6 Å². The molecule has 1 N–H and O–H groups in total. The third kappa shape index (κ3) is 4.62. The summed E-state index contributed by atoms with van der Waals surface area (Å²) in [6, 6.07) is 12.6. The Bertz CT molecular complexity index is 1150. The largest absolute Gasteiger partial charge is 0.343 e. The topological polar surface area (TPSA) is 105 Å². The summed E-state index contributed by atoms with van der Waals surface area (Å²) in [5.41, 5.74) is 3.29. The fourth-order valence-corrected chi connectivity index (χ4v) is 3.42. The third-order valence-electron chi connectivity index (χ3n) is 4.53. The lowest BCUT2D eigenvalue weighted by Gasteiger charge is -2.20. The van der Waals surface area contributed by atoms with Gasteiger partial charge in [0.25, 0.3) is 5.91 Å². The SMILES string of the molecule is Cc1cccc(-c2noc(CNC(=O)c3cccc(N(C)S(C)(=O)=O)c3C)n2)c1. The molecule has 0 saturated heterocycles. The van der Waals surface area contributed by atoms with Crippen LogP contribution in [0.1, 0.15) is 27.4 Å². The first kappa shape index (κ1) is 20.5. The van der Waals surface area contributed by atoms with Crippen LogP contribution >= 0.6 is 0 Å².